The van der Waals surface area contributed by atoms with Gasteiger partial charge in [-0.05, 0) is 63.3 Å². The normalized spacial score (nSPS) is 14.8. The van der Waals surface area contributed by atoms with E-state index in [0.29, 0.717) is 26.4 Å². The summed E-state index contributed by atoms with van der Waals surface area (Å²) in [5.41, 5.74) is 1.51. The SMILES string of the molecule is CCOC(=O)c1c(NC(=O)[C@@H](C)Oc2ccc(Cl)cc2Cl)sc2c1CCCCCC2. The number of rotatable bonds is 6. The fourth-order valence-corrected chi connectivity index (χ4v) is 5.19. The monoisotopic (exact) mass is 469 g/mol. The van der Waals surface area contributed by atoms with Crippen molar-refractivity contribution in [1.82, 2.24) is 0 Å². The number of nitrogens with one attached hydrogen (secondary N) is 1. The topological polar surface area (TPSA) is 64.6 Å². The second kappa shape index (κ2) is 10.5. The minimum atomic E-state index is -0.816. The van der Waals surface area contributed by atoms with Crippen molar-refractivity contribution < 1.29 is 19.1 Å². The molecular formula is C22H25Cl2NO4S. The number of carbonyl (C=O) groups is 2. The average Bonchev–Trinajstić information content (AvgIpc) is 3.00. The van der Waals surface area contributed by atoms with Crippen molar-refractivity contribution in [2.45, 2.75) is 58.5 Å². The zero-order valence-corrected chi connectivity index (χ0v) is 19.4. The number of esters is 1. The predicted octanol–water partition coefficient (Wildman–Crippen LogP) is 6.30. The smallest absolute Gasteiger partial charge is 0.341 e. The first-order chi connectivity index (χ1) is 14.4. The third-order valence-electron chi connectivity index (χ3n) is 4.95. The molecule has 0 spiro atoms. The largest absolute Gasteiger partial charge is 0.479 e. The Morgan fingerprint density at radius 1 is 1.17 bits per heavy atom. The number of thiophene rings is 1. The Morgan fingerprint density at radius 2 is 1.90 bits per heavy atom. The maximum atomic E-state index is 12.8. The highest BCUT2D eigenvalue weighted by atomic mass is 35.5. The summed E-state index contributed by atoms with van der Waals surface area (Å²) in [5, 5.41) is 4.23. The van der Waals surface area contributed by atoms with Crippen molar-refractivity contribution in [2.24, 2.45) is 0 Å². The molecule has 30 heavy (non-hydrogen) atoms. The van der Waals surface area contributed by atoms with Crippen LogP contribution in [0.1, 0.15) is 60.3 Å². The van der Waals surface area contributed by atoms with Gasteiger partial charge in [0, 0.05) is 9.90 Å². The molecule has 0 saturated carbocycles. The fraction of sp³-hybridized carbons (Fsp3) is 0.455. The lowest BCUT2D eigenvalue weighted by Crippen LogP contribution is -2.30. The number of carbonyl (C=O) groups excluding carboxylic acids is 2. The van der Waals surface area contributed by atoms with E-state index >= 15 is 0 Å². The van der Waals surface area contributed by atoms with Crippen molar-refractivity contribution in [3.8, 4) is 5.75 Å². The highest BCUT2D eigenvalue weighted by Gasteiger charge is 2.27. The van der Waals surface area contributed by atoms with Gasteiger partial charge < -0.3 is 14.8 Å². The van der Waals surface area contributed by atoms with Crippen LogP contribution in [-0.4, -0.2) is 24.6 Å². The van der Waals surface area contributed by atoms with Gasteiger partial charge in [0.05, 0.1) is 17.2 Å². The van der Waals surface area contributed by atoms with Crippen LogP contribution >= 0.6 is 34.5 Å². The standard InChI is InChI=1S/C22H25Cl2NO4S/c1-3-28-22(27)19-15-8-6-4-5-7-9-18(15)30-21(19)25-20(26)13(2)29-17-11-10-14(23)12-16(17)24/h10-13H,3-9H2,1-2H3,(H,25,26)/t13-/m1/s1. The Kier molecular flexibility index (Phi) is 8.03. The second-order valence-electron chi connectivity index (χ2n) is 7.17. The lowest BCUT2D eigenvalue weighted by atomic mass is 9.96. The van der Waals surface area contributed by atoms with Crippen LogP contribution in [0.15, 0.2) is 18.2 Å². The number of hydrogen-bond donors (Lipinski definition) is 1. The van der Waals surface area contributed by atoms with Crippen molar-refractivity contribution in [3.63, 3.8) is 0 Å². The first-order valence-corrected chi connectivity index (χ1v) is 11.7. The Morgan fingerprint density at radius 3 is 2.60 bits per heavy atom. The van der Waals surface area contributed by atoms with E-state index in [1.807, 2.05) is 0 Å². The van der Waals surface area contributed by atoms with Gasteiger partial charge in [0.1, 0.15) is 10.8 Å². The number of amides is 1. The van der Waals surface area contributed by atoms with Gasteiger partial charge in [-0.1, -0.05) is 36.0 Å². The van der Waals surface area contributed by atoms with Crippen LogP contribution in [0.2, 0.25) is 10.0 Å². The van der Waals surface area contributed by atoms with E-state index < -0.39 is 6.10 Å². The van der Waals surface area contributed by atoms with Crippen LogP contribution in [-0.2, 0) is 22.4 Å². The maximum absolute atomic E-state index is 12.8. The van der Waals surface area contributed by atoms with Crippen LogP contribution < -0.4 is 10.1 Å². The zero-order valence-electron chi connectivity index (χ0n) is 17.1. The van der Waals surface area contributed by atoms with Gasteiger partial charge in [-0.15, -0.1) is 11.3 Å². The average molecular weight is 470 g/mol. The van der Waals surface area contributed by atoms with E-state index in [-0.39, 0.29) is 18.5 Å². The van der Waals surface area contributed by atoms with Gasteiger partial charge in [-0.2, -0.15) is 0 Å². The fourth-order valence-electron chi connectivity index (χ4n) is 3.45. The van der Waals surface area contributed by atoms with E-state index in [1.54, 1.807) is 32.0 Å². The lowest BCUT2D eigenvalue weighted by molar-refractivity contribution is -0.122. The van der Waals surface area contributed by atoms with Gasteiger partial charge in [0.15, 0.2) is 6.10 Å². The predicted molar refractivity (Wildman–Crippen MR) is 121 cm³/mol. The molecule has 1 atom stereocenters. The number of ether oxygens (including phenoxy) is 2. The highest BCUT2D eigenvalue weighted by molar-refractivity contribution is 7.17. The van der Waals surface area contributed by atoms with E-state index in [2.05, 4.69) is 5.32 Å². The lowest BCUT2D eigenvalue weighted by Gasteiger charge is -2.16. The third kappa shape index (κ3) is 5.48. The Bertz CT molecular complexity index is 928. The molecule has 0 saturated heterocycles. The Hall–Kier alpha value is -1.76. The van der Waals surface area contributed by atoms with Gasteiger partial charge >= 0.3 is 5.97 Å². The summed E-state index contributed by atoms with van der Waals surface area (Å²) in [4.78, 5) is 26.7. The Labute approximate surface area is 190 Å². The minimum absolute atomic E-state index is 0.283. The minimum Gasteiger partial charge on any atom is -0.479 e. The molecular weight excluding hydrogens is 445 g/mol. The molecule has 0 bridgehead atoms. The Balaban J connectivity index is 1.82. The molecule has 1 N–H and O–H groups in total. The number of hydrogen-bond acceptors (Lipinski definition) is 5. The zero-order chi connectivity index (χ0) is 21.7. The quantitative estimate of drug-likeness (QED) is 0.504. The number of benzene rings is 1. The number of anilines is 1. The van der Waals surface area contributed by atoms with Crippen molar-refractivity contribution >= 4 is 51.4 Å². The number of halogens is 2. The number of fused-ring (bicyclic) bond motifs is 1. The summed E-state index contributed by atoms with van der Waals surface area (Å²) in [6.07, 6.45) is 5.35. The van der Waals surface area contributed by atoms with Gasteiger partial charge in [0.2, 0.25) is 0 Å². The summed E-state index contributed by atoms with van der Waals surface area (Å²) in [5.74, 6) is -0.381. The molecule has 0 aliphatic heterocycles. The first kappa shape index (κ1) is 22.9. The van der Waals surface area contributed by atoms with Crippen LogP contribution in [0.3, 0.4) is 0 Å². The van der Waals surface area contributed by atoms with Crippen molar-refractivity contribution in [2.75, 3.05) is 11.9 Å². The summed E-state index contributed by atoms with van der Waals surface area (Å²) in [7, 11) is 0. The molecule has 1 aliphatic rings. The first-order valence-electron chi connectivity index (χ1n) is 10.1. The van der Waals surface area contributed by atoms with Gasteiger partial charge in [-0.3, -0.25) is 4.79 Å². The number of aryl methyl sites for hydroxylation is 1. The van der Waals surface area contributed by atoms with Crippen LogP contribution in [0.25, 0.3) is 0 Å². The molecule has 0 radical (unpaired) electrons. The van der Waals surface area contributed by atoms with Crippen LogP contribution in [0.4, 0.5) is 5.00 Å². The molecule has 8 heteroatoms. The van der Waals surface area contributed by atoms with Gasteiger partial charge in [-0.25, -0.2) is 4.79 Å². The van der Waals surface area contributed by atoms with Gasteiger partial charge in [0.25, 0.3) is 5.91 Å². The molecule has 1 amide bonds. The summed E-state index contributed by atoms with van der Waals surface area (Å²) < 4.78 is 11.0. The highest BCUT2D eigenvalue weighted by Crippen LogP contribution is 2.38. The molecule has 1 aromatic heterocycles. The van der Waals surface area contributed by atoms with Crippen LogP contribution in [0.5, 0.6) is 5.75 Å². The van der Waals surface area contributed by atoms with Crippen molar-refractivity contribution in [1.29, 1.82) is 0 Å². The molecule has 1 heterocycles. The van der Waals surface area contributed by atoms with E-state index in [9.17, 15) is 9.59 Å². The van der Waals surface area contributed by atoms with Crippen molar-refractivity contribution in [3.05, 3.63) is 44.2 Å². The second-order valence-corrected chi connectivity index (χ2v) is 9.12. The molecule has 2 aromatic rings. The molecule has 1 aromatic carbocycles. The summed E-state index contributed by atoms with van der Waals surface area (Å²) in [6, 6.07) is 4.82. The molecule has 162 valence electrons. The third-order valence-corrected chi connectivity index (χ3v) is 6.69. The molecule has 0 fully saturated rings. The maximum Gasteiger partial charge on any atom is 0.341 e. The molecule has 0 unspecified atom stereocenters. The molecule has 5 nitrogen and oxygen atoms in total. The summed E-state index contributed by atoms with van der Waals surface area (Å²) in [6.45, 7) is 3.69. The molecule has 1 aliphatic carbocycles. The van der Waals surface area contributed by atoms with Crippen LogP contribution in [0, 0.1) is 0 Å². The summed E-state index contributed by atoms with van der Waals surface area (Å²) >= 11 is 13.5. The van der Waals surface area contributed by atoms with E-state index in [1.165, 1.54) is 17.8 Å². The molecule has 3 rings (SSSR count). The van der Waals surface area contributed by atoms with E-state index in [0.717, 1.165) is 42.5 Å². The van der Waals surface area contributed by atoms with E-state index in [4.69, 9.17) is 32.7 Å².